The number of anilines is 1. The van der Waals surface area contributed by atoms with Crippen molar-refractivity contribution < 1.29 is 23.7 Å². The molecule has 3 rings (SSSR count). The van der Waals surface area contributed by atoms with Gasteiger partial charge in [-0.25, -0.2) is 4.98 Å². The second-order valence-corrected chi connectivity index (χ2v) is 6.45. The summed E-state index contributed by atoms with van der Waals surface area (Å²) in [6.45, 7) is 1.45. The molecule has 3 aromatic rings. The zero-order valence-corrected chi connectivity index (χ0v) is 17.6. The second-order valence-electron chi connectivity index (χ2n) is 6.45. The van der Waals surface area contributed by atoms with Gasteiger partial charge in [0.25, 0.3) is 0 Å². The van der Waals surface area contributed by atoms with Crippen LogP contribution < -0.4 is 24.3 Å². The lowest BCUT2D eigenvalue weighted by atomic mass is 10.0. The minimum Gasteiger partial charge on any atom is -0.493 e. The molecule has 7 heteroatoms. The van der Waals surface area contributed by atoms with Gasteiger partial charge in [-0.3, -0.25) is 4.79 Å². The van der Waals surface area contributed by atoms with Crippen molar-refractivity contribution in [3.05, 3.63) is 48.5 Å². The van der Waals surface area contributed by atoms with Gasteiger partial charge < -0.3 is 24.3 Å². The lowest BCUT2D eigenvalue weighted by Crippen LogP contribution is -2.08. The second kappa shape index (κ2) is 9.17. The van der Waals surface area contributed by atoms with Crippen LogP contribution in [0.15, 0.2) is 48.5 Å². The number of carbonyl (C=O) groups excluding carboxylic acids is 1. The Hall–Kier alpha value is -3.74. The number of amides is 1. The van der Waals surface area contributed by atoms with Crippen LogP contribution in [-0.4, -0.2) is 39.3 Å². The molecule has 156 valence electrons. The molecule has 1 N–H and O–H groups in total. The summed E-state index contributed by atoms with van der Waals surface area (Å²) in [5.41, 5.74) is 3.25. The first-order valence-corrected chi connectivity index (χ1v) is 9.23. The lowest BCUT2D eigenvalue weighted by Gasteiger charge is -2.13. The first-order chi connectivity index (χ1) is 14.5. The molecule has 0 bridgehead atoms. The number of nitrogens with one attached hydrogen (secondary N) is 1. The highest BCUT2D eigenvalue weighted by molar-refractivity contribution is 5.89. The Morgan fingerprint density at radius 2 is 1.23 bits per heavy atom. The molecule has 2 aromatic carbocycles. The third-order valence-corrected chi connectivity index (χ3v) is 4.53. The molecule has 0 unspecified atom stereocenters. The molecule has 0 saturated heterocycles. The van der Waals surface area contributed by atoms with Crippen molar-refractivity contribution in [1.29, 1.82) is 0 Å². The molecule has 0 fully saturated rings. The predicted molar refractivity (Wildman–Crippen MR) is 116 cm³/mol. The van der Waals surface area contributed by atoms with Gasteiger partial charge in [-0.2, -0.15) is 0 Å². The normalized spacial score (nSPS) is 10.3. The van der Waals surface area contributed by atoms with E-state index in [2.05, 4.69) is 10.3 Å². The van der Waals surface area contributed by atoms with E-state index in [4.69, 9.17) is 18.9 Å². The zero-order chi connectivity index (χ0) is 21.7. The Morgan fingerprint density at radius 1 is 0.700 bits per heavy atom. The fraction of sp³-hybridized carbons (Fsp3) is 0.217. The summed E-state index contributed by atoms with van der Waals surface area (Å²) in [7, 11) is 6.35. The average Bonchev–Trinajstić information content (AvgIpc) is 2.77. The van der Waals surface area contributed by atoms with Crippen LogP contribution in [-0.2, 0) is 4.79 Å². The Bertz CT molecular complexity index is 992. The molecule has 0 aliphatic rings. The van der Waals surface area contributed by atoms with Crippen molar-refractivity contribution in [3.63, 3.8) is 0 Å². The Balaban J connectivity index is 2.15. The maximum atomic E-state index is 11.7. The lowest BCUT2D eigenvalue weighted by molar-refractivity contribution is -0.114. The summed E-state index contributed by atoms with van der Waals surface area (Å²) in [4.78, 5) is 16.2. The first kappa shape index (κ1) is 21.0. The number of nitrogens with zero attached hydrogens (tertiary/aromatic N) is 1. The van der Waals surface area contributed by atoms with Gasteiger partial charge >= 0.3 is 0 Å². The smallest absolute Gasteiger partial charge is 0.222 e. The van der Waals surface area contributed by atoms with Gasteiger partial charge in [-0.15, -0.1) is 0 Å². The van der Waals surface area contributed by atoms with E-state index in [9.17, 15) is 4.79 Å². The number of aromatic nitrogens is 1. The standard InChI is InChI=1S/C23H24N2O5/c1-14(26)24-23-13-17(15-6-8-19(27-2)21(11-15)29-4)10-18(25-23)16-7-9-20(28-3)22(12-16)30-5/h6-13H,1-5H3,(H,24,25,26). The van der Waals surface area contributed by atoms with Crippen molar-refractivity contribution in [1.82, 2.24) is 4.98 Å². The van der Waals surface area contributed by atoms with Gasteiger partial charge in [0.2, 0.25) is 5.91 Å². The van der Waals surface area contributed by atoms with Crippen LogP contribution in [0.2, 0.25) is 0 Å². The molecule has 1 aromatic heterocycles. The molecular weight excluding hydrogens is 384 g/mol. The highest BCUT2D eigenvalue weighted by Crippen LogP contribution is 2.36. The number of rotatable bonds is 7. The molecule has 0 atom stereocenters. The van der Waals surface area contributed by atoms with E-state index in [1.54, 1.807) is 28.4 Å². The summed E-state index contributed by atoms with van der Waals surface area (Å²) in [6, 6.07) is 14.9. The van der Waals surface area contributed by atoms with E-state index in [1.807, 2.05) is 48.5 Å². The predicted octanol–water partition coefficient (Wildman–Crippen LogP) is 4.41. The van der Waals surface area contributed by atoms with Crippen molar-refractivity contribution >= 4 is 11.7 Å². The molecule has 0 radical (unpaired) electrons. The Morgan fingerprint density at radius 3 is 1.77 bits per heavy atom. The summed E-state index contributed by atoms with van der Waals surface area (Å²) >= 11 is 0. The van der Waals surface area contributed by atoms with Gasteiger partial charge in [0.15, 0.2) is 23.0 Å². The molecule has 30 heavy (non-hydrogen) atoms. The number of carbonyl (C=O) groups is 1. The number of methoxy groups -OCH3 is 4. The SMILES string of the molecule is COc1ccc(-c2cc(NC(C)=O)nc(-c3ccc(OC)c(OC)c3)c2)cc1OC. The quantitative estimate of drug-likeness (QED) is 0.624. The van der Waals surface area contributed by atoms with Gasteiger partial charge in [-0.1, -0.05) is 6.07 Å². The molecule has 7 nitrogen and oxygen atoms in total. The van der Waals surface area contributed by atoms with Gasteiger partial charge in [-0.05, 0) is 53.6 Å². The summed E-state index contributed by atoms with van der Waals surface area (Å²) in [5, 5.41) is 2.77. The maximum Gasteiger partial charge on any atom is 0.222 e. The molecule has 0 spiro atoms. The maximum absolute atomic E-state index is 11.7. The van der Waals surface area contributed by atoms with E-state index in [1.165, 1.54) is 6.92 Å². The molecule has 0 saturated carbocycles. The molecule has 1 heterocycles. The van der Waals surface area contributed by atoms with Gasteiger partial charge in [0.05, 0.1) is 34.1 Å². The topological polar surface area (TPSA) is 78.9 Å². The van der Waals surface area contributed by atoms with Crippen molar-refractivity contribution in [2.24, 2.45) is 0 Å². The van der Waals surface area contributed by atoms with E-state index in [-0.39, 0.29) is 5.91 Å². The fourth-order valence-corrected chi connectivity index (χ4v) is 3.10. The van der Waals surface area contributed by atoms with E-state index < -0.39 is 0 Å². The van der Waals surface area contributed by atoms with Crippen LogP contribution in [0.3, 0.4) is 0 Å². The van der Waals surface area contributed by atoms with Crippen molar-refractivity contribution in [3.8, 4) is 45.4 Å². The van der Waals surface area contributed by atoms with Gasteiger partial charge in [0.1, 0.15) is 5.82 Å². The minimum absolute atomic E-state index is 0.203. The monoisotopic (exact) mass is 408 g/mol. The van der Waals surface area contributed by atoms with Crippen LogP contribution in [0.1, 0.15) is 6.92 Å². The fourth-order valence-electron chi connectivity index (χ4n) is 3.10. The van der Waals surface area contributed by atoms with Crippen LogP contribution in [0, 0.1) is 0 Å². The molecular formula is C23H24N2O5. The summed E-state index contributed by atoms with van der Waals surface area (Å²) in [5.74, 6) is 2.71. The van der Waals surface area contributed by atoms with Crippen molar-refractivity contribution in [2.75, 3.05) is 33.8 Å². The molecule has 0 aliphatic carbocycles. The number of hydrogen-bond acceptors (Lipinski definition) is 6. The third kappa shape index (κ3) is 4.46. The Kier molecular flexibility index (Phi) is 6.41. The minimum atomic E-state index is -0.203. The number of benzene rings is 2. The number of pyridine rings is 1. The van der Waals surface area contributed by atoms with Crippen LogP contribution in [0.4, 0.5) is 5.82 Å². The average molecular weight is 408 g/mol. The van der Waals surface area contributed by atoms with Crippen molar-refractivity contribution in [2.45, 2.75) is 6.92 Å². The Labute approximate surface area is 175 Å². The van der Waals surface area contributed by atoms with Crippen LogP contribution >= 0.6 is 0 Å². The summed E-state index contributed by atoms with van der Waals surface area (Å²) < 4.78 is 21.5. The summed E-state index contributed by atoms with van der Waals surface area (Å²) in [6.07, 6.45) is 0. The highest BCUT2D eigenvalue weighted by atomic mass is 16.5. The third-order valence-electron chi connectivity index (χ3n) is 4.53. The molecule has 0 aliphatic heterocycles. The number of ether oxygens (including phenoxy) is 4. The first-order valence-electron chi connectivity index (χ1n) is 9.23. The van der Waals surface area contributed by atoms with E-state index >= 15 is 0 Å². The highest BCUT2D eigenvalue weighted by Gasteiger charge is 2.13. The largest absolute Gasteiger partial charge is 0.493 e. The van der Waals surface area contributed by atoms with Gasteiger partial charge in [0, 0.05) is 12.5 Å². The zero-order valence-electron chi connectivity index (χ0n) is 17.6. The number of hydrogen-bond donors (Lipinski definition) is 1. The van der Waals surface area contributed by atoms with E-state index in [0.29, 0.717) is 34.5 Å². The van der Waals surface area contributed by atoms with Crippen LogP contribution in [0.25, 0.3) is 22.4 Å². The molecule has 1 amide bonds. The van der Waals surface area contributed by atoms with E-state index in [0.717, 1.165) is 16.7 Å². The van der Waals surface area contributed by atoms with Crippen LogP contribution in [0.5, 0.6) is 23.0 Å².